The number of hydrogen-bond acceptors (Lipinski definition) is 3. The molecule has 1 aliphatic heterocycles. The second kappa shape index (κ2) is 3.05. The molecule has 0 saturated carbocycles. The van der Waals surface area contributed by atoms with E-state index in [1.165, 1.54) is 18.3 Å². The number of aliphatic hydroxyl groups is 1. The molecule has 1 aromatic rings. The van der Waals surface area contributed by atoms with Gasteiger partial charge in [-0.3, -0.25) is 4.98 Å². The number of hydrogen-bond donors (Lipinski definition) is 2. The Bertz CT molecular complexity index is 312. The Morgan fingerprint density at radius 2 is 2.38 bits per heavy atom. The third-order valence-electron chi connectivity index (χ3n) is 2.20. The second-order valence-electron chi connectivity index (χ2n) is 3.47. The van der Waals surface area contributed by atoms with Gasteiger partial charge >= 0.3 is 0 Å². The van der Waals surface area contributed by atoms with Gasteiger partial charge in [0.15, 0.2) is 0 Å². The van der Waals surface area contributed by atoms with E-state index in [9.17, 15) is 9.50 Å². The van der Waals surface area contributed by atoms with Gasteiger partial charge in [0, 0.05) is 31.4 Å². The lowest BCUT2D eigenvalue weighted by molar-refractivity contribution is -0.00985. The summed E-state index contributed by atoms with van der Waals surface area (Å²) in [4.78, 5) is 3.98. The zero-order chi connectivity index (χ0) is 9.31. The van der Waals surface area contributed by atoms with Gasteiger partial charge in [-0.05, 0) is 12.1 Å². The summed E-state index contributed by atoms with van der Waals surface area (Å²) in [5.74, 6) is -0.305. The van der Waals surface area contributed by atoms with E-state index in [0.29, 0.717) is 25.2 Å². The first kappa shape index (κ1) is 8.59. The molecule has 1 aliphatic rings. The minimum absolute atomic E-state index is 0.305. The SMILES string of the molecule is OC1(Cc2cc(F)ccn2)CNC1. The molecule has 0 atom stereocenters. The number of pyridine rings is 1. The van der Waals surface area contributed by atoms with E-state index in [0.717, 1.165) is 0 Å². The summed E-state index contributed by atoms with van der Waals surface area (Å²) in [6.07, 6.45) is 1.83. The zero-order valence-electron chi connectivity index (χ0n) is 7.13. The fourth-order valence-corrected chi connectivity index (χ4v) is 1.42. The maximum Gasteiger partial charge on any atom is 0.126 e. The molecule has 4 heteroatoms. The Morgan fingerprint density at radius 1 is 1.62 bits per heavy atom. The summed E-state index contributed by atoms with van der Waals surface area (Å²) in [6.45, 7) is 1.12. The predicted octanol–water partition coefficient (Wildman–Crippen LogP) is 0.0975. The molecule has 0 spiro atoms. The van der Waals surface area contributed by atoms with Crippen LogP contribution in [0.25, 0.3) is 0 Å². The van der Waals surface area contributed by atoms with Crippen LogP contribution in [0.2, 0.25) is 0 Å². The van der Waals surface area contributed by atoms with Gasteiger partial charge in [-0.25, -0.2) is 4.39 Å². The van der Waals surface area contributed by atoms with Crippen LogP contribution in [-0.2, 0) is 6.42 Å². The van der Waals surface area contributed by atoms with Crippen LogP contribution in [0.1, 0.15) is 5.69 Å². The average molecular weight is 182 g/mol. The molecule has 2 N–H and O–H groups in total. The smallest absolute Gasteiger partial charge is 0.126 e. The van der Waals surface area contributed by atoms with Gasteiger partial charge in [-0.2, -0.15) is 0 Å². The highest BCUT2D eigenvalue weighted by molar-refractivity contribution is 5.11. The van der Waals surface area contributed by atoms with Crippen LogP contribution in [-0.4, -0.2) is 28.8 Å². The van der Waals surface area contributed by atoms with E-state index in [4.69, 9.17) is 0 Å². The van der Waals surface area contributed by atoms with E-state index >= 15 is 0 Å². The second-order valence-corrected chi connectivity index (χ2v) is 3.47. The summed E-state index contributed by atoms with van der Waals surface area (Å²) in [5, 5.41) is 12.7. The fourth-order valence-electron chi connectivity index (χ4n) is 1.42. The molecule has 1 aromatic heterocycles. The lowest BCUT2D eigenvalue weighted by atomic mass is 9.91. The predicted molar refractivity (Wildman–Crippen MR) is 45.7 cm³/mol. The van der Waals surface area contributed by atoms with E-state index in [-0.39, 0.29) is 5.82 Å². The first-order valence-corrected chi connectivity index (χ1v) is 4.22. The first-order valence-electron chi connectivity index (χ1n) is 4.22. The normalized spacial score (nSPS) is 19.5. The van der Waals surface area contributed by atoms with Crippen molar-refractivity contribution in [1.29, 1.82) is 0 Å². The maximum absolute atomic E-state index is 12.7. The molecule has 1 fully saturated rings. The number of halogens is 1. The zero-order valence-corrected chi connectivity index (χ0v) is 7.13. The molecule has 0 unspecified atom stereocenters. The summed E-state index contributed by atoms with van der Waals surface area (Å²) < 4.78 is 12.7. The molecule has 0 bridgehead atoms. The molecule has 2 rings (SSSR count). The Hall–Kier alpha value is -1.00. The van der Waals surface area contributed by atoms with Crippen LogP contribution < -0.4 is 5.32 Å². The van der Waals surface area contributed by atoms with Crippen molar-refractivity contribution in [2.24, 2.45) is 0 Å². The Kier molecular flexibility index (Phi) is 2.01. The molecule has 1 saturated heterocycles. The molecule has 13 heavy (non-hydrogen) atoms. The number of rotatable bonds is 2. The summed E-state index contributed by atoms with van der Waals surface area (Å²) in [5.41, 5.74) is -0.121. The lowest BCUT2D eigenvalue weighted by Gasteiger charge is -2.37. The molecule has 3 nitrogen and oxygen atoms in total. The van der Waals surface area contributed by atoms with Gasteiger partial charge in [-0.1, -0.05) is 0 Å². The molecule has 70 valence electrons. The largest absolute Gasteiger partial charge is 0.387 e. The quantitative estimate of drug-likeness (QED) is 0.681. The molecule has 0 aromatic carbocycles. The number of β-amino-alcohol motifs (C(OH)–C–C–N with tert-alkyl or cyclic N) is 1. The fraction of sp³-hybridized carbons (Fsp3) is 0.444. The van der Waals surface area contributed by atoms with Crippen molar-refractivity contribution in [3.63, 3.8) is 0 Å². The number of nitrogens with one attached hydrogen (secondary N) is 1. The summed E-state index contributed by atoms with van der Waals surface area (Å²) >= 11 is 0. The topological polar surface area (TPSA) is 45.2 Å². The molecular formula is C9H11FN2O. The third kappa shape index (κ3) is 1.84. The van der Waals surface area contributed by atoms with Crippen molar-refractivity contribution in [3.05, 3.63) is 29.8 Å². The van der Waals surface area contributed by atoms with Gasteiger partial charge in [-0.15, -0.1) is 0 Å². The van der Waals surface area contributed by atoms with E-state index in [2.05, 4.69) is 10.3 Å². The number of aromatic nitrogens is 1. The van der Waals surface area contributed by atoms with Crippen LogP contribution in [0, 0.1) is 5.82 Å². The Balaban J connectivity index is 2.09. The van der Waals surface area contributed by atoms with Gasteiger partial charge in [0.05, 0.1) is 5.60 Å². The van der Waals surface area contributed by atoms with Crippen LogP contribution in [0.5, 0.6) is 0 Å². The van der Waals surface area contributed by atoms with Gasteiger partial charge < -0.3 is 10.4 Å². The molecule has 0 amide bonds. The van der Waals surface area contributed by atoms with Crippen LogP contribution in [0.15, 0.2) is 18.3 Å². The molecule has 2 heterocycles. The van der Waals surface area contributed by atoms with Crippen molar-refractivity contribution in [1.82, 2.24) is 10.3 Å². The Labute approximate surface area is 75.6 Å². The standard InChI is InChI=1S/C9H11FN2O/c10-7-1-2-12-8(3-7)4-9(13)5-11-6-9/h1-3,11,13H,4-6H2. The van der Waals surface area contributed by atoms with Crippen molar-refractivity contribution >= 4 is 0 Å². The Morgan fingerprint density at radius 3 is 2.92 bits per heavy atom. The van der Waals surface area contributed by atoms with Crippen molar-refractivity contribution in [2.75, 3.05) is 13.1 Å². The number of nitrogens with zero attached hydrogens (tertiary/aromatic N) is 1. The van der Waals surface area contributed by atoms with Crippen molar-refractivity contribution in [3.8, 4) is 0 Å². The van der Waals surface area contributed by atoms with Crippen LogP contribution >= 0.6 is 0 Å². The molecule has 0 aliphatic carbocycles. The monoisotopic (exact) mass is 182 g/mol. The van der Waals surface area contributed by atoms with E-state index in [1.807, 2.05) is 0 Å². The average Bonchev–Trinajstić information content (AvgIpc) is 2.01. The minimum Gasteiger partial charge on any atom is -0.387 e. The highest BCUT2D eigenvalue weighted by Crippen LogP contribution is 2.16. The first-order chi connectivity index (χ1) is 6.18. The highest BCUT2D eigenvalue weighted by Gasteiger charge is 2.34. The van der Waals surface area contributed by atoms with Gasteiger partial charge in [0.1, 0.15) is 5.82 Å². The molecule has 0 radical (unpaired) electrons. The van der Waals surface area contributed by atoms with Gasteiger partial charge in [0.25, 0.3) is 0 Å². The third-order valence-corrected chi connectivity index (χ3v) is 2.20. The van der Waals surface area contributed by atoms with Gasteiger partial charge in [0.2, 0.25) is 0 Å². The summed E-state index contributed by atoms with van der Waals surface area (Å²) in [7, 11) is 0. The van der Waals surface area contributed by atoms with E-state index < -0.39 is 5.60 Å². The van der Waals surface area contributed by atoms with Crippen molar-refractivity contribution < 1.29 is 9.50 Å². The minimum atomic E-state index is -0.721. The summed E-state index contributed by atoms with van der Waals surface area (Å²) in [6, 6.07) is 2.66. The molecular weight excluding hydrogens is 171 g/mol. The van der Waals surface area contributed by atoms with Crippen molar-refractivity contribution in [2.45, 2.75) is 12.0 Å². The lowest BCUT2D eigenvalue weighted by Crippen LogP contribution is -2.60. The highest BCUT2D eigenvalue weighted by atomic mass is 19.1. The maximum atomic E-state index is 12.7. The van der Waals surface area contributed by atoms with E-state index in [1.54, 1.807) is 0 Å². The van der Waals surface area contributed by atoms with Crippen LogP contribution in [0.4, 0.5) is 4.39 Å². The van der Waals surface area contributed by atoms with Crippen LogP contribution in [0.3, 0.4) is 0 Å².